The molecule has 0 saturated carbocycles. The molecule has 0 fully saturated rings. The van der Waals surface area contributed by atoms with E-state index in [1.54, 1.807) is 12.3 Å². The standard InChI is InChI=1S/C7H7IN2O2/c1-10(7(11)12)6-4-9-3-2-5(6)8/h2-4H,1H3,(H,11,12). The number of hydrogen-bond donors (Lipinski definition) is 1. The summed E-state index contributed by atoms with van der Waals surface area (Å²) < 4.78 is 0.868. The van der Waals surface area contributed by atoms with Crippen LogP contribution in [0, 0.1) is 3.57 Å². The van der Waals surface area contributed by atoms with Crippen LogP contribution < -0.4 is 4.90 Å². The average Bonchev–Trinajstić information content (AvgIpc) is 2.04. The van der Waals surface area contributed by atoms with E-state index >= 15 is 0 Å². The van der Waals surface area contributed by atoms with Gasteiger partial charge in [0, 0.05) is 16.8 Å². The molecule has 0 spiro atoms. The third-order valence-electron chi connectivity index (χ3n) is 1.40. The largest absolute Gasteiger partial charge is 0.465 e. The molecule has 0 atom stereocenters. The molecule has 1 N–H and O–H groups in total. The monoisotopic (exact) mass is 278 g/mol. The van der Waals surface area contributed by atoms with Crippen LogP contribution in [0.25, 0.3) is 0 Å². The molecule has 0 saturated heterocycles. The number of rotatable bonds is 1. The lowest BCUT2D eigenvalue weighted by molar-refractivity contribution is 0.203. The predicted octanol–water partition coefficient (Wildman–Crippen LogP) is 1.80. The fourth-order valence-electron chi connectivity index (χ4n) is 0.719. The van der Waals surface area contributed by atoms with E-state index in [1.165, 1.54) is 13.2 Å². The van der Waals surface area contributed by atoms with Crippen molar-refractivity contribution in [2.45, 2.75) is 0 Å². The van der Waals surface area contributed by atoms with Crippen molar-refractivity contribution in [3.8, 4) is 0 Å². The van der Waals surface area contributed by atoms with E-state index < -0.39 is 6.09 Å². The summed E-state index contributed by atoms with van der Waals surface area (Å²) in [6.45, 7) is 0. The Bertz CT molecular complexity index is 303. The SMILES string of the molecule is CN(C(=O)O)c1cnccc1I. The summed E-state index contributed by atoms with van der Waals surface area (Å²) in [4.78, 5) is 15.5. The summed E-state index contributed by atoms with van der Waals surface area (Å²) in [6, 6.07) is 1.76. The van der Waals surface area contributed by atoms with Crippen molar-refractivity contribution in [1.29, 1.82) is 0 Å². The van der Waals surface area contributed by atoms with Gasteiger partial charge in [-0.15, -0.1) is 0 Å². The van der Waals surface area contributed by atoms with Crippen molar-refractivity contribution in [2.75, 3.05) is 11.9 Å². The Kier molecular flexibility index (Phi) is 2.85. The summed E-state index contributed by atoms with van der Waals surface area (Å²) in [5.41, 5.74) is 0.602. The van der Waals surface area contributed by atoms with Crippen molar-refractivity contribution < 1.29 is 9.90 Å². The van der Waals surface area contributed by atoms with Gasteiger partial charge in [0.15, 0.2) is 0 Å². The number of hydrogen-bond acceptors (Lipinski definition) is 2. The molecule has 1 aromatic heterocycles. The van der Waals surface area contributed by atoms with E-state index in [1.807, 2.05) is 0 Å². The van der Waals surface area contributed by atoms with Crippen molar-refractivity contribution in [2.24, 2.45) is 0 Å². The second kappa shape index (κ2) is 3.70. The molecule has 12 heavy (non-hydrogen) atoms. The van der Waals surface area contributed by atoms with Gasteiger partial charge in [-0.25, -0.2) is 4.79 Å². The van der Waals surface area contributed by atoms with Gasteiger partial charge in [-0.1, -0.05) is 0 Å². The zero-order valence-electron chi connectivity index (χ0n) is 6.36. The maximum Gasteiger partial charge on any atom is 0.411 e. The molecule has 0 unspecified atom stereocenters. The second-order valence-corrected chi connectivity index (χ2v) is 3.33. The molecule has 0 aliphatic carbocycles. The fourth-order valence-corrected chi connectivity index (χ4v) is 1.38. The number of carbonyl (C=O) groups is 1. The summed E-state index contributed by atoms with van der Waals surface area (Å²) in [5, 5.41) is 8.65. The van der Waals surface area contributed by atoms with Gasteiger partial charge in [0.25, 0.3) is 0 Å². The Hall–Kier alpha value is -0.850. The minimum atomic E-state index is -0.985. The minimum Gasteiger partial charge on any atom is -0.465 e. The summed E-state index contributed by atoms with van der Waals surface area (Å²) in [5.74, 6) is 0. The molecule has 0 aliphatic rings. The zero-order valence-corrected chi connectivity index (χ0v) is 8.52. The Balaban J connectivity index is 3.02. The van der Waals surface area contributed by atoms with Gasteiger partial charge in [-0.3, -0.25) is 9.88 Å². The van der Waals surface area contributed by atoms with Crippen LogP contribution in [-0.2, 0) is 0 Å². The van der Waals surface area contributed by atoms with Gasteiger partial charge < -0.3 is 5.11 Å². The number of anilines is 1. The Morgan fingerprint density at radius 2 is 2.42 bits per heavy atom. The number of pyridine rings is 1. The second-order valence-electron chi connectivity index (χ2n) is 2.17. The predicted molar refractivity (Wildman–Crippen MR) is 53.4 cm³/mol. The molecule has 1 amide bonds. The summed E-state index contributed by atoms with van der Waals surface area (Å²) >= 11 is 2.06. The first-order valence-corrected chi connectivity index (χ1v) is 4.27. The smallest absolute Gasteiger partial charge is 0.411 e. The number of halogens is 1. The maximum absolute atomic E-state index is 10.5. The van der Waals surface area contributed by atoms with Crippen LogP contribution in [0.15, 0.2) is 18.5 Å². The topological polar surface area (TPSA) is 53.4 Å². The van der Waals surface area contributed by atoms with Gasteiger partial charge in [0.2, 0.25) is 0 Å². The van der Waals surface area contributed by atoms with Crippen molar-refractivity contribution in [1.82, 2.24) is 4.98 Å². The van der Waals surface area contributed by atoms with Gasteiger partial charge in [-0.2, -0.15) is 0 Å². The van der Waals surface area contributed by atoms with Gasteiger partial charge in [0.05, 0.1) is 11.9 Å². The van der Waals surface area contributed by atoms with Crippen LogP contribution in [0.5, 0.6) is 0 Å². The van der Waals surface area contributed by atoms with E-state index in [2.05, 4.69) is 27.6 Å². The number of aromatic nitrogens is 1. The highest BCUT2D eigenvalue weighted by Crippen LogP contribution is 2.19. The fraction of sp³-hybridized carbons (Fsp3) is 0.143. The van der Waals surface area contributed by atoms with E-state index in [4.69, 9.17) is 5.11 Å². The van der Waals surface area contributed by atoms with Crippen LogP contribution in [0.4, 0.5) is 10.5 Å². The van der Waals surface area contributed by atoms with Gasteiger partial charge in [0.1, 0.15) is 0 Å². The van der Waals surface area contributed by atoms with E-state index in [0.29, 0.717) is 5.69 Å². The Morgan fingerprint density at radius 1 is 1.75 bits per heavy atom. The van der Waals surface area contributed by atoms with Crippen molar-refractivity contribution in [3.05, 3.63) is 22.0 Å². The molecular formula is C7H7IN2O2. The van der Waals surface area contributed by atoms with Crippen LogP contribution in [0.2, 0.25) is 0 Å². The normalized spacial score (nSPS) is 9.50. The number of amides is 1. The average molecular weight is 278 g/mol. The van der Waals surface area contributed by atoms with E-state index in [9.17, 15) is 4.79 Å². The Morgan fingerprint density at radius 3 is 2.92 bits per heavy atom. The first kappa shape index (κ1) is 9.24. The third kappa shape index (κ3) is 1.84. The van der Waals surface area contributed by atoms with E-state index in [-0.39, 0.29) is 0 Å². The molecule has 0 radical (unpaired) electrons. The molecule has 0 aromatic carbocycles. The lowest BCUT2D eigenvalue weighted by atomic mass is 10.4. The molecule has 5 heteroatoms. The van der Waals surface area contributed by atoms with Gasteiger partial charge >= 0.3 is 6.09 Å². The first-order chi connectivity index (χ1) is 5.63. The highest BCUT2D eigenvalue weighted by molar-refractivity contribution is 14.1. The van der Waals surface area contributed by atoms with Crippen molar-refractivity contribution in [3.63, 3.8) is 0 Å². The lowest BCUT2D eigenvalue weighted by Crippen LogP contribution is -2.24. The lowest BCUT2D eigenvalue weighted by Gasteiger charge is -2.13. The maximum atomic E-state index is 10.5. The quantitative estimate of drug-likeness (QED) is 0.797. The molecule has 64 valence electrons. The zero-order chi connectivity index (χ0) is 9.14. The summed E-state index contributed by atoms with van der Waals surface area (Å²) in [7, 11) is 1.49. The molecule has 1 heterocycles. The van der Waals surface area contributed by atoms with Crippen molar-refractivity contribution >= 4 is 34.4 Å². The number of carboxylic acid groups (broad SMARTS) is 1. The third-order valence-corrected chi connectivity index (χ3v) is 2.31. The number of nitrogens with zero attached hydrogens (tertiary/aromatic N) is 2. The molecule has 1 aromatic rings. The molecule has 0 aliphatic heterocycles. The van der Waals surface area contributed by atoms with E-state index in [0.717, 1.165) is 8.47 Å². The van der Waals surface area contributed by atoms with Crippen LogP contribution >= 0.6 is 22.6 Å². The molecule has 4 nitrogen and oxygen atoms in total. The highest BCUT2D eigenvalue weighted by atomic mass is 127. The molecule has 1 rings (SSSR count). The van der Waals surface area contributed by atoms with Crippen LogP contribution in [0.1, 0.15) is 0 Å². The summed E-state index contributed by atoms with van der Waals surface area (Å²) in [6.07, 6.45) is 2.16. The molecule has 0 bridgehead atoms. The minimum absolute atomic E-state index is 0.602. The highest BCUT2D eigenvalue weighted by Gasteiger charge is 2.10. The van der Waals surface area contributed by atoms with Crippen LogP contribution in [-0.4, -0.2) is 23.2 Å². The Labute approximate surface area is 83.4 Å². The molecular weight excluding hydrogens is 271 g/mol. The van der Waals surface area contributed by atoms with Crippen LogP contribution in [0.3, 0.4) is 0 Å². The first-order valence-electron chi connectivity index (χ1n) is 3.19. The van der Waals surface area contributed by atoms with Gasteiger partial charge in [-0.05, 0) is 28.7 Å².